The van der Waals surface area contributed by atoms with Gasteiger partial charge in [-0.3, -0.25) is 0 Å². The summed E-state index contributed by atoms with van der Waals surface area (Å²) in [6.45, 7) is 4.29. The minimum atomic E-state index is 0.996. The van der Waals surface area contributed by atoms with Gasteiger partial charge in [0.25, 0.3) is 0 Å². The third-order valence-electron chi connectivity index (χ3n) is 3.77. The standard InChI is InChI=1S/C16H16O/c1-10-8-14-13-7-5-4-6-12(13)9-15(14)16(17-3)11(10)2/h4-8H,9H2,1-3H3. The van der Waals surface area contributed by atoms with Crippen molar-refractivity contribution in [3.8, 4) is 16.9 Å². The van der Waals surface area contributed by atoms with Crippen molar-refractivity contribution in [3.05, 3.63) is 52.6 Å². The van der Waals surface area contributed by atoms with Crippen LogP contribution in [-0.4, -0.2) is 7.11 Å². The molecule has 0 spiro atoms. The maximum absolute atomic E-state index is 5.60. The zero-order chi connectivity index (χ0) is 12.0. The highest BCUT2D eigenvalue weighted by molar-refractivity contribution is 5.80. The molecule has 0 atom stereocenters. The normalized spacial score (nSPS) is 12.2. The Labute approximate surface area is 102 Å². The van der Waals surface area contributed by atoms with Gasteiger partial charge < -0.3 is 4.74 Å². The Morgan fingerprint density at radius 2 is 1.82 bits per heavy atom. The van der Waals surface area contributed by atoms with Crippen molar-refractivity contribution in [2.24, 2.45) is 0 Å². The first-order chi connectivity index (χ1) is 8.22. The molecule has 0 fully saturated rings. The summed E-state index contributed by atoms with van der Waals surface area (Å²) in [4.78, 5) is 0. The van der Waals surface area contributed by atoms with Gasteiger partial charge >= 0.3 is 0 Å². The van der Waals surface area contributed by atoms with Crippen LogP contribution in [0, 0.1) is 13.8 Å². The molecule has 2 aromatic carbocycles. The van der Waals surface area contributed by atoms with E-state index in [0.29, 0.717) is 0 Å². The lowest BCUT2D eigenvalue weighted by Crippen LogP contribution is -1.96. The molecule has 3 rings (SSSR count). The topological polar surface area (TPSA) is 9.23 Å². The van der Waals surface area contributed by atoms with Crippen LogP contribution in [0.25, 0.3) is 11.1 Å². The fourth-order valence-electron chi connectivity index (χ4n) is 2.76. The van der Waals surface area contributed by atoms with Crippen molar-refractivity contribution in [1.29, 1.82) is 0 Å². The van der Waals surface area contributed by atoms with E-state index in [-0.39, 0.29) is 0 Å². The van der Waals surface area contributed by atoms with Gasteiger partial charge in [-0.2, -0.15) is 0 Å². The van der Waals surface area contributed by atoms with Gasteiger partial charge in [-0.05, 0) is 41.7 Å². The summed E-state index contributed by atoms with van der Waals surface area (Å²) in [5.74, 6) is 1.07. The molecule has 0 amide bonds. The minimum absolute atomic E-state index is 0.996. The van der Waals surface area contributed by atoms with Gasteiger partial charge in [-0.15, -0.1) is 0 Å². The second-order valence-corrected chi connectivity index (χ2v) is 4.71. The van der Waals surface area contributed by atoms with E-state index in [1.807, 2.05) is 0 Å². The first-order valence-corrected chi connectivity index (χ1v) is 5.97. The van der Waals surface area contributed by atoms with E-state index in [2.05, 4.69) is 44.2 Å². The predicted molar refractivity (Wildman–Crippen MR) is 70.7 cm³/mol. The molecule has 1 aliphatic carbocycles. The molecule has 0 bridgehead atoms. The van der Waals surface area contributed by atoms with Gasteiger partial charge in [-0.1, -0.05) is 30.3 Å². The van der Waals surface area contributed by atoms with Crippen molar-refractivity contribution in [2.45, 2.75) is 20.3 Å². The van der Waals surface area contributed by atoms with E-state index >= 15 is 0 Å². The molecule has 1 nitrogen and oxygen atoms in total. The smallest absolute Gasteiger partial charge is 0.126 e. The van der Waals surface area contributed by atoms with Gasteiger partial charge in [0.05, 0.1) is 7.11 Å². The van der Waals surface area contributed by atoms with Crippen LogP contribution in [0.4, 0.5) is 0 Å². The summed E-state index contributed by atoms with van der Waals surface area (Å²) in [6.07, 6.45) is 0.996. The predicted octanol–water partition coefficient (Wildman–Crippen LogP) is 3.88. The van der Waals surface area contributed by atoms with Crippen molar-refractivity contribution in [3.63, 3.8) is 0 Å². The number of rotatable bonds is 1. The Bertz CT molecular complexity index is 597. The summed E-state index contributed by atoms with van der Waals surface area (Å²) in [5, 5.41) is 0. The first-order valence-electron chi connectivity index (χ1n) is 5.97. The average molecular weight is 224 g/mol. The Morgan fingerprint density at radius 1 is 1.06 bits per heavy atom. The summed E-state index contributed by atoms with van der Waals surface area (Å²) >= 11 is 0. The van der Waals surface area contributed by atoms with E-state index in [0.717, 1.165) is 12.2 Å². The Balaban J connectivity index is 2.32. The fraction of sp³-hybridized carbons (Fsp3) is 0.250. The number of hydrogen-bond acceptors (Lipinski definition) is 1. The van der Waals surface area contributed by atoms with Crippen LogP contribution in [-0.2, 0) is 6.42 Å². The number of benzene rings is 2. The highest BCUT2D eigenvalue weighted by Crippen LogP contribution is 2.43. The molecule has 0 N–H and O–H groups in total. The summed E-state index contributed by atoms with van der Waals surface area (Å²) in [6, 6.07) is 10.9. The van der Waals surface area contributed by atoms with Gasteiger partial charge in [0, 0.05) is 12.0 Å². The van der Waals surface area contributed by atoms with E-state index in [1.165, 1.54) is 33.4 Å². The number of hydrogen-bond donors (Lipinski definition) is 0. The average Bonchev–Trinajstić information content (AvgIpc) is 2.69. The lowest BCUT2D eigenvalue weighted by molar-refractivity contribution is 0.407. The molecule has 0 saturated carbocycles. The molecule has 2 aromatic rings. The van der Waals surface area contributed by atoms with E-state index in [9.17, 15) is 0 Å². The van der Waals surface area contributed by atoms with Crippen LogP contribution >= 0.6 is 0 Å². The molecular formula is C16H16O. The van der Waals surface area contributed by atoms with Crippen LogP contribution in [0.3, 0.4) is 0 Å². The molecule has 0 aliphatic heterocycles. The maximum atomic E-state index is 5.60. The minimum Gasteiger partial charge on any atom is -0.496 e. The van der Waals surface area contributed by atoms with Crippen molar-refractivity contribution in [2.75, 3.05) is 7.11 Å². The van der Waals surface area contributed by atoms with Crippen LogP contribution in [0.15, 0.2) is 30.3 Å². The fourth-order valence-corrected chi connectivity index (χ4v) is 2.76. The van der Waals surface area contributed by atoms with Crippen LogP contribution in [0.2, 0.25) is 0 Å². The first kappa shape index (κ1) is 10.4. The molecule has 0 radical (unpaired) electrons. The number of ether oxygens (including phenoxy) is 1. The highest BCUT2D eigenvalue weighted by Gasteiger charge is 2.23. The molecule has 0 heterocycles. The molecular weight excluding hydrogens is 208 g/mol. The van der Waals surface area contributed by atoms with Crippen molar-refractivity contribution >= 4 is 0 Å². The maximum Gasteiger partial charge on any atom is 0.126 e. The molecule has 0 saturated heterocycles. The second kappa shape index (κ2) is 3.63. The van der Waals surface area contributed by atoms with E-state index < -0.39 is 0 Å². The SMILES string of the molecule is COc1c(C)c(C)cc2c1Cc1ccccc1-2. The van der Waals surface area contributed by atoms with Gasteiger partial charge in [0.15, 0.2) is 0 Å². The third-order valence-corrected chi connectivity index (χ3v) is 3.77. The van der Waals surface area contributed by atoms with Crippen LogP contribution in [0.1, 0.15) is 22.3 Å². The van der Waals surface area contributed by atoms with Crippen molar-refractivity contribution < 1.29 is 4.74 Å². The molecule has 86 valence electrons. The second-order valence-electron chi connectivity index (χ2n) is 4.71. The summed E-state index contributed by atoms with van der Waals surface area (Å²) in [7, 11) is 1.77. The monoisotopic (exact) mass is 224 g/mol. The van der Waals surface area contributed by atoms with E-state index in [1.54, 1.807) is 7.11 Å². The van der Waals surface area contributed by atoms with Gasteiger partial charge in [0.2, 0.25) is 0 Å². The summed E-state index contributed by atoms with van der Waals surface area (Å²) < 4.78 is 5.60. The Kier molecular flexibility index (Phi) is 2.22. The lowest BCUT2D eigenvalue weighted by atomic mass is 9.98. The number of fused-ring (bicyclic) bond motifs is 3. The highest BCUT2D eigenvalue weighted by atomic mass is 16.5. The van der Waals surface area contributed by atoms with Crippen LogP contribution < -0.4 is 4.74 Å². The zero-order valence-electron chi connectivity index (χ0n) is 10.5. The Morgan fingerprint density at radius 3 is 2.59 bits per heavy atom. The number of methoxy groups -OCH3 is 1. The zero-order valence-corrected chi connectivity index (χ0v) is 10.5. The molecule has 17 heavy (non-hydrogen) atoms. The van der Waals surface area contributed by atoms with Gasteiger partial charge in [-0.25, -0.2) is 0 Å². The summed E-state index contributed by atoms with van der Waals surface area (Å²) in [5.41, 5.74) is 8.03. The molecule has 1 aliphatic rings. The van der Waals surface area contributed by atoms with Gasteiger partial charge in [0.1, 0.15) is 5.75 Å². The molecule has 0 aromatic heterocycles. The van der Waals surface area contributed by atoms with E-state index in [4.69, 9.17) is 4.74 Å². The van der Waals surface area contributed by atoms with Crippen molar-refractivity contribution in [1.82, 2.24) is 0 Å². The molecule has 0 unspecified atom stereocenters. The number of aryl methyl sites for hydroxylation is 1. The largest absolute Gasteiger partial charge is 0.496 e. The molecule has 1 heteroatoms. The quantitative estimate of drug-likeness (QED) is 0.609. The van der Waals surface area contributed by atoms with Crippen LogP contribution in [0.5, 0.6) is 5.75 Å². The third kappa shape index (κ3) is 1.39. The Hall–Kier alpha value is -1.76. The lowest BCUT2D eigenvalue weighted by Gasteiger charge is -2.13.